The number of hydrogen-bond acceptors (Lipinski definition) is 6. The van der Waals surface area contributed by atoms with E-state index >= 15 is 0 Å². The van der Waals surface area contributed by atoms with Crippen molar-refractivity contribution in [1.82, 2.24) is 0 Å². The average Bonchev–Trinajstić information content (AvgIpc) is 2.98. The Labute approximate surface area is 144 Å². The fraction of sp³-hybridized carbons (Fsp3) is 0.267. The van der Waals surface area contributed by atoms with Gasteiger partial charge in [0.1, 0.15) is 15.7 Å². The van der Waals surface area contributed by atoms with Crippen LogP contribution in [0, 0.1) is 0 Å². The van der Waals surface area contributed by atoms with Crippen molar-refractivity contribution in [2.45, 2.75) is 24.2 Å². The first-order valence-corrected chi connectivity index (χ1v) is 9.40. The number of methoxy groups -OCH3 is 1. The number of benzene rings is 1. The maximum absolute atomic E-state index is 12.4. The van der Waals surface area contributed by atoms with Gasteiger partial charge in [-0.2, -0.15) is 0 Å². The molecule has 0 unspecified atom stereocenters. The molecule has 1 aromatic carbocycles. The minimum absolute atomic E-state index is 0.0723. The van der Waals surface area contributed by atoms with E-state index in [1.165, 1.54) is 18.6 Å². The molecule has 2 rings (SSSR count). The van der Waals surface area contributed by atoms with Crippen LogP contribution < -0.4 is 19.9 Å². The summed E-state index contributed by atoms with van der Waals surface area (Å²) >= 11 is 0.888. The van der Waals surface area contributed by atoms with Crippen molar-refractivity contribution in [2.24, 2.45) is 5.14 Å². The lowest BCUT2D eigenvalue weighted by molar-refractivity contribution is 0.102. The van der Waals surface area contributed by atoms with Crippen molar-refractivity contribution in [1.29, 1.82) is 0 Å². The van der Waals surface area contributed by atoms with Crippen LogP contribution in [-0.2, 0) is 10.0 Å². The summed E-state index contributed by atoms with van der Waals surface area (Å²) in [5.74, 6) is 0.570. The van der Waals surface area contributed by atoms with Crippen LogP contribution in [0.25, 0.3) is 0 Å². The molecule has 0 atom stereocenters. The molecule has 2 aromatic rings. The van der Waals surface area contributed by atoms with E-state index in [1.807, 2.05) is 13.8 Å². The van der Waals surface area contributed by atoms with Crippen LogP contribution in [0.4, 0.5) is 5.69 Å². The summed E-state index contributed by atoms with van der Waals surface area (Å²) in [5.41, 5.74) is 0.624. The first kappa shape index (κ1) is 18.2. The molecular formula is C15H18N2O5S2. The summed E-state index contributed by atoms with van der Waals surface area (Å²) in [6.45, 7) is 3.74. The third-order valence-electron chi connectivity index (χ3n) is 2.92. The highest BCUT2D eigenvalue weighted by Crippen LogP contribution is 2.31. The largest absolute Gasteiger partial charge is 0.497 e. The van der Waals surface area contributed by atoms with Crippen LogP contribution in [0.2, 0.25) is 0 Å². The number of hydrogen-bond donors (Lipinski definition) is 2. The summed E-state index contributed by atoms with van der Waals surface area (Å²) < 4.78 is 33.3. The van der Waals surface area contributed by atoms with Gasteiger partial charge in [0.2, 0.25) is 10.0 Å². The highest BCUT2D eigenvalue weighted by Gasteiger charge is 2.17. The normalized spacial score (nSPS) is 11.4. The van der Waals surface area contributed by atoms with Gasteiger partial charge in [-0.05, 0) is 32.0 Å². The molecule has 0 saturated carbocycles. The average molecular weight is 370 g/mol. The number of anilines is 1. The zero-order valence-electron chi connectivity index (χ0n) is 13.4. The highest BCUT2D eigenvalue weighted by molar-refractivity contribution is 7.91. The summed E-state index contributed by atoms with van der Waals surface area (Å²) in [5, 5.41) is 9.18. The van der Waals surface area contributed by atoms with Crippen LogP contribution in [-0.4, -0.2) is 27.5 Å². The van der Waals surface area contributed by atoms with Gasteiger partial charge in [-0.25, -0.2) is 13.6 Å². The standard InChI is InChI=1S/C15H18N2O5S2/c1-9(2)22-13-5-4-11(21-3)7-12(13)17-15(18)10-6-14(23-8-10)24(16,19)20/h4-9H,1-3H3,(H,17,18)(H2,16,19,20). The van der Waals surface area contributed by atoms with E-state index < -0.39 is 15.9 Å². The van der Waals surface area contributed by atoms with Gasteiger partial charge in [-0.15, -0.1) is 11.3 Å². The molecule has 3 N–H and O–H groups in total. The van der Waals surface area contributed by atoms with Crippen LogP contribution >= 0.6 is 11.3 Å². The third kappa shape index (κ3) is 4.47. The lowest BCUT2D eigenvalue weighted by Gasteiger charge is -2.15. The van der Waals surface area contributed by atoms with Crippen molar-refractivity contribution in [2.75, 3.05) is 12.4 Å². The quantitative estimate of drug-likeness (QED) is 0.812. The Kier molecular flexibility index (Phi) is 5.47. The number of sulfonamides is 1. The molecule has 1 aromatic heterocycles. The van der Waals surface area contributed by atoms with E-state index in [0.29, 0.717) is 17.2 Å². The number of rotatable bonds is 6. The molecule has 0 saturated heterocycles. The number of carbonyl (C=O) groups excluding carboxylic acids is 1. The van der Waals surface area contributed by atoms with E-state index in [4.69, 9.17) is 14.6 Å². The van der Waals surface area contributed by atoms with Crippen molar-refractivity contribution < 1.29 is 22.7 Å². The number of nitrogens with two attached hydrogens (primary N) is 1. The predicted molar refractivity (Wildman–Crippen MR) is 92.4 cm³/mol. The second kappa shape index (κ2) is 7.20. The molecule has 0 aliphatic heterocycles. The van der Waals surface area contributed by atoms with E-state index in [9.17, 15) is 13.2 Å². The smallest absolute Gasteiger partial charge is 0.256 e. The fourth-order valence-corrected chi connectivity index (χ4v) is 3.46. The molecule has 1 amide bonds. The Morgan fingerprint density at radius 3 is 2.54 bits per heavy atom. The number of carbonyl (C=O) groups is 1. The molecule has 130 valence electrons. The molecular weight excluding hydrogens is 352 g/mol. The van der Waals surface area contributed by atoms with Crippen molar-refractivity contribution in [3.8, 4) is 11.5 Å². The monoisotopic (exact) mass is 370 g/mol. The van der Waals surface area contributed by atoms with Crippen LogP contribution in [0.5, 0.6) is 11.5 Å². The Balaban J connectivity index is 2.28. The van der Waals surface area contributed by atoms with Gasteiger partial charge in [0, 0.05) is 11.4 Å². The molecule has 9 heteroatoms. The zero-order valence-corrected chi connectivity index (χ0v) is 15.0. The van der Waals surface area contributed by atoms with E-state index in [2.05, 4.69) is 5.32 Å². The molecule has 0 aliphatic rings. The van der Waals surface area contributed by atoms with Gasteiger partial charge in [-0.3, -0.25) is 4.79 Å². The van der Waals surface area contributed by atoms with E-state index in [0.717, 1.165) is 11.3 Å². The first-order chi connectivity index (χ1) is 11.2. The van der Waals surface area contributed by atoms with Crippen molar-refractivity contribution >= 4 is 33.0 Å². The van der Waals surface area contributed by atoms with Gasteiger partial charge in [0.25, 0.3) is 5.91 Å². The van der Waals surface area contributed by atoms with Crippen LogP contribution in [0.3, 0.4) is 0 Å². The van der Waals surface area contributed by atoms with Crippen molar-refractivity contribution in [3.63, 3.8) is 0 Å². The SMILES string of the molecule is COc1ccc(OC(C)C)c(NC(=O)c2csc(S(N)(=O)=O)c2)c1. The lowest BCUT2D eigenvalue weighted by Crippen LogP contribution is -2.14. The van der Waals surface area contributed by atoms with Gasteiger partial charge >= 0.3 is 0 Å². The second-order valence-electron chi connectivity index (χ2n) is 5.18. The molecule has 0 fully saturated rings. The van der Waals surface area contributed by atoms with Crippen LogP contribution in [0.15, 0.2) is 33.9 Å². The summed E-state index contributed by atoms with van der Waals surface area (Å²) in [4.78, 5) is 12.4. The number of nitrogens with one attached hydrogen (secondary N) is 1. The fourth-order valence-electron chi connectivity index (χ4n) is 1.87. The van der Waals surface area contributed by atoms with E-state index in [-0.39, 0.29) is 15.9 Å². The minimum Gasteiger partial charge on any atom is -0.497 e. The number of ether oxygens (including phenoxy) is 2. The minimum atomic E-state index is -3.83. The van der Waals surface area contributed by atoms with Gasteiger partial charge in [0.15, 0.2) is 0 Å². The summed E-state index contributed by atoms with van der Waals surface area (Å²) in [7, 11) is -2.31. The van der Waals surface area contributed by atoms with Crippen molar-refractivity contribution in [3.05, 3.63) is 35.2 Å². The van der Waals surface area contributed by atoms with E-state index in [1.54, 1.807) is 18.2 Å². The Morgan fingerprint density at radius 1 is 1.29 bits per heavy atom. The molecule has 0 aliphatic carbocycles. The molecule has 0 bridgehead atoms. The summed E-state index contributed by atoms with van der Waals surface area (Å²) in [6, 6.07) is 6.27. The maximum atomic E-state index is 12.4. The Hall–Kier alpha value is -2.10. The number of thiophene rings is 1. The number of amides is 1. The Morgan fingerprint density at radius 2 is 2.00 bits per heavy atom. The second-order valence-corrected chi connectivity index (χ2v) is 7.88. The maximum Gasteiger partial charge on any atom is 0.256 e. The van der Waals surface area contributed by atoms with Gasteiger partial charge < -0.3 is 14.8 Å². The van der Waals surface area contributed by atoms with Gasteiger partial charge in [-0.1, -0.05) is 0 Å². The lowest BCUT2D eigenvalue weighted by atomic mass is 10.2. The third-order valence-corrected chi connectivity index (χ3v) is 5.30. The predicted octanol–water partition coefficient (Wildman–Crippen LogP) is 2.44. The van der Waals surface area contributed by atoms with Crippen LogP contribution in [0.1, 0.15) is 24.2 Å². The Bertz CT molecular complexity index is 843. The topological polar surface area (TPSA) is 108 Å². The number of primary sulfonamides is 1. The highest BCUT2D eigenvalue weighted by atomic mass is 32.2. The molecule has 24 heavy (non-hydrogen) atoms. The summed E-state index contributed by atoms with van der Waals surface area (Å²) in [6.07, 6.45) is -0.0795. The molecule has 0 radical (unpaired) electrons. The van der Waals surface area contributed by atoms with Gasteiger partial charge in [0.05, 0.1) is 24.5 Å². The molecule has 0 spiro atoms. The molecule has 7 nitrogen and oxygen atoms in total. The first-order valence-electron chi connectivity index (χ1n) is 6.98. The zero-order chi connectivity index (χ0) is 17.9. The molecule has 1 heterocycles.